The molecule has 0 aromatic heterocycles. The third kappa shape index (κ3) is 22.5. The number of amides is 1. The van der Waals surface area contributed by atoms with Crippen LogP contribution in [0.15, 0.2) is 0 Å². The van der Waals surface area contributed by atoms with Gasteiger partial charge in [-0.1, -0.05) is 118 Å². The van der Waals surface area contributed by atoms with Crippen molar-refractivity contribution >= 4 is 11.9 Å². The van der Waals surface area contributed by atoms with Crippen LogP contribution in [0.1, 0.15) is 150 Å². The molecule has 0 aromatic carbocycles. The maximum absolute atomic E-state index is 12.5. The summed E-state index contributed by atoms with van der Waals surface area (Å²) in [5, 5.41) is 15.5. The van der Waals surface area contributed by atoms with E-state index in [1.54, 1.807) is 0 Å². The third-order valence-electron chi connectivity index (χ3n) is 6.77. The molecule has 7 nitrogen and oxygen atoms in total. The van der Waals surface area contributed by atoms with Crippen molar-refractivity contribution in [3.63, 3.8) is 0 Å². The average molecular weight is 529 g/mol. The van der Waals surface area contributed by atoms with Gasteiger partial charge in [0.1, 0.15) is 18.5 Å². The van der Waals surface area contributed by atoms with Gasteiger partial charge in [0.2, 0.25) is 5.91 Å². The molecule has 3 unspecified atom stereocenters. The lowest BCUT2D eigenvalue weighted by Gasteiger charge is -2.24. The number of ether oxygens (including phenoxy) is 2. The highest BCUT2D eigenvalue weighted by atomic mass is 16.5. The van der Waals surface area contributed by atoms with Crippen molar-refractivity contribution in [2.24, 2.45) is 0 Å². The molecule has 0 aromatic rings. The van der Waals surface area contributed by atoms with Gasteiger partial charge in [-0.2, -0.15) is 0 Å². The second kappa shape index (κ2) is 26.4. The maximum atomic E-state index is 12.5. The van der Waals surface area contributed by atoms with Crippen LogP contribution in [0.25, 0.3) is 0 Å². The van der Waals surface area contributed by atoms with Crippen LogP contribution in [0.5, 0.6) is 0 Å². The van der Waals surface area contributed by atoms with Gasteiger partial charge in [0.25, 0.3) is 0 Å². The summed E-state index contributed by atoms with van der Waals surface area (Å²) in [5.41, 5.74) is 0. The Morgan fingerprint density at radius 2 is 1.03 bits per heavy atom. The molecule has 37 heavy (non-hydrogen) atoms. The van der Waals surface area contributed by atoms with Crippen molar-refractivity contribution in [1.29, 1.82) is 0 Å². The zero-order chi connectivity index (χ0) is 27.6. The number of hydrogen-bond donors (Lipinski definition) is 3. The van der Waals surface area contributed by atoms with Crippen molar-refractivity contribution < 1.29 is 24.2 Å². The van der Waals surface area contributed by atoms with Crippen LogP contribution < -0.4 is 10.6 Å². The predicted octanol–water partition coefficient (Wildman–Crippen LogP) is 7.32. The number of carboxylic acids is 1. The van der Waals surface area contributed by atoms with Crippen LogP contribution in [-0.4, -0.2) is 48.7 Å². The Kier molecular flexibility index (Phi) is 25.6. The number of nitrogens with one attached hydrogen (secondary N) is 2. The molecule has 0 heterocycles. The van der Waals surface area contributed by atoms with Gasteiger partial charge >= 0.3 is 5.97 Å². The van der Waals surface area contributed by atoms with Crippen molar-refractivity contribution in [3.05, 3.63) is 0 Å². The van der Waals surface area contributed by atoms with Gasteiger partial charge in [0, 0.05) is 13.2 Å². The van der Waals surface area contributed by atoms with Gasteiger partial charge in [-0.3, -0.25) is 14.9 Å². The second-order valence-corrected chi connectivity index (χ2v) is 10.3. The molecular weight excluding hydrogens is 468 g/mol. The highest BCUT2D eigenvalue weighted by Gasteiger charge is 2.25. The third-order valence-corrected chi connectivity index (χ3v) is 6.77. The quantitative estimate of drug-likeness (QED) is 0.0727. The van der Waals surface area contributed by atoms with E-state index in [9.17, 15) is 14.7 Å². The molecule has 3 atom stereocenters. The van der Waals surface area contributed by atoms with Crippen LogP contribution in [0.4, 0.5) is 0 Å². The molecule has 7 heteroatoms. The van der Waals surface area contributed by atoms with Gasteiger partial charge in [0.05, 0.1) is 6.42 Å². The first-order valence-corrected chi connectivity index (χ1v) is 15.5. The summed E-state index contributed by atoms with van der Waals surface area (Å²) in [7, 11) is 0. The number of carboxylic acid groups (broad SMARTS) is 1. The molecule has 0 saturated carbocycles. The summed E-state index contributed by atoms with van der Waals surface area (Å²) in [6.07, 6.45) is 20.0. The van der Waals surface area contributed by atoms with Crippen molar-refractivity contribution in [1.82, 2.24) is 10.6 Å². The molecule has 220 valence electrons. The van der Waals surface area contributed by atoms with Crippen LogP contribution in [0.3, 0.4) is 0 Å². The van der Waals surface area contributed by atoms with Gasteiger partial charge in [-0.15, -0.1) is 0 Å². The average Bonchev–Trinajstić information content (AvgIpc) is 2.89. The van der Waals surface area contributed by atoms with E-state index in [-0.39, 0.29) is 24.8 Å². The van der Waals surface area contributed by atoms with Gasteiger partial charge in [-0.25, -0.2) is 0 Å². The lowest BCUT2D eigenvalue weighted by atomic mass is 10.1. The number of carbonyl (C=O) groups excluding carboxylic acids is 1. The van der Waals surface area contributed by atoms with E-state index in [1.807, 2.05) is 13.8 Å². The number of unbranched alkanes of at least 4 members (excludes halogenated alkanes) is 14. The van der Waals surface area contributed by atoms with Crippen LogP contribution in [0, 0.1) is 0 Å². The van der Waals surface area contributed by atoms with Gasteiger partial charge in [0.15, 0.2) is 0 Å². The summed E-state index contributed by atoms with van der Waals surface area (Å²) in [6, 6.07) is -0.992. The first kappa shape index (κ1) is 35.8. The number of rotatable bonds is 28. The Morgan fingerprint density at radius 3 is 1.43 bits per heavy atom. The van der Waals surface area contributed by atoms with E-state index < -0.39 is 12.0 Å². The molecule has 1 amide bonds. The largest absolute Gasteiger partial charge is 0.480 e. The topological polar surface area (TPSA) is 96.9 Å². The molecule has 0 fully saturated rings. The van der Waals surface area contributed by atoms with E-state index >= 15 is 0 Å². The molecule has 0 rings (SSSR count). The fourth-order valence-electron chi connectivity index (χ4n) is 4.33. The van der Waals surface area contributed by atoms with Gasteiger partial charge < -0.3 is 19.9 Å². The summed E-state index contributed by atoms with van der Waals surface area (Å²) in [6.45, 7) is 9.58. The predicted molar refractivity (Wildman–Crippen MR) is 153 cm³/mol. The highest BCUT2D eigenvalue weighted by Crippen LogP contribution is 2.11. The van der Waals surface area contributed by atoms with Crippen molar-refractivity contribution in [2.75, 3.05) is 13.2 Å². The number of carbonyl (C=O) groups is 2. The summed E-state index contributed by atoms with van der Waals surface area (Å²) in [5.74, 6) is -1.36. The SMILES string of the molecule is CCCCCCCCCCOC(CC)NC(=O)CC(NC(CC)OCCCCCCCCCC)C(=O)O. The summed E-state index contributed by atoms with van der Waals surface area (Å²) >= 11 is 0. The zero-order valence-electron chi connectivity index (χ0n) is 24.7. The highest BCUT2D eigenvalue weighted by molar-refractivity contribution is 5.84. The minimum Gasteiger partial charge on any atom is -0.480 e. The van der Waals surface area contributed by atoms with Crippen LogP contribution in [-0.2, 0) is 19.1 Å². The lowest BCUT2D eigenvalue weighted by molar-refractivity contribution is -0.144. The van der Waals surface area contributed by atoms with E-state index in [0.717, 1.165) is 25.7 Å². The minimum atomic E-state index is -1.04. The maximum Gasteiger partial charge on any atom is 0.321 e. The molecule has 0 saturated heterocycles. The smallest absolute Gasteiger partial charge is 0.321 e. The minimum absolute atomic E-state index is 0.148. The first-order chi connectivity index (χ1) is 18.0. The molecule has 0 aliphatic carbocycles. The molecule has 3 N–H and O–H groups in total. The Balaban J connectivity index is 4.17. The Hall–Kier alpha value is -1.18. The molecule has 0 aliphatic heterocycles. The second-order valence-electron chi connectivity index (χ2n) is 10.3. The van der Waals surface area contributed by atoms with Crippen molar-refractivity contribution in [3.8, 4) is 0 Å². The fourth-order valence-corrected chi connectivity index (χ4v) is 4.33. The van der Waals surface area contributed by atoms with Crippen LogP contribution in [0.2, 0.25) is 0 Å². The van der Waals surface area contributed by atoms with E-state index in [2.05, 4.69) is 24.5 Å². The van der Waals surface area contributed by atoms with Crippen molar-refractivity contribution in [2.45, 2.75) is 168 Å². The number of aliphatic carboxylic acids is 1. The van der Waals surface area contributed by atoms with Crippen LogP contribution >= 0.6 is 0 Å². The zero-order valence-corrected chi connectivity index (χ0v) is 24.7. The van der Waals surface area contributed by atoms with E-state index in [4.69, 9.17) is 9.47 Å². The molecule has 0 aliphatic rings. The molecule has 0 bridgehead atoms. The van der Waals surface area contributed by atoms with Gasteiger partial charge in [-0.05, 0) is 25.7 Å². The van der Waals surface area contributed by atoms with E-state index in [1.165, 1.54) is 77.0 Å². The molecular formula is C30H60N2O5. The lowest BCUT2D eigenvalue weighted by Crippen LogP contribution is -2.48. The molecule has 0 spiro atoms. The Morgan fingerprint density at radius 1 is 0.622 bits per heavy atom. The monoisotopic (exact) mass is 528 g/mol. The Bertz CT molecular complexity index is 532. The Labute approximate surface area is 228 Å². The number of hydrogen-bond acceptors (Lipinski definition) is 5. The summed E-state index contributed by atoms with van der Waals surface area (Å²) in [4.78, 5) is 24.3. The standard InChI is InChI=1S/C30H60N2O5/c1-5-9-11-13-15-17-19-21-23-36-28(7-3)31-26(30(34)35)25-27(33)32-29(8-4)37-24-22-20-18-16-14-12-10-6-2/h26,28-29,31H,5-25H2,1-4H3,(H,32,33)(H,34,35). The fraction of sp³-hybridized carbons (Fsp3) is 0.933. The first-order valence-electron chi connectivity index (χ1n) is 15.5. The van der Waals surface area contributed by atoms with E-state index in [0.29, 0.717) is 26.1 Å². The summed E-state index contributed by atoms with van der Waals surface area (Å²) < 4.78 is 11.7. The molecule has 0 radical (unpaired) electrons. The normalized spacial score (nSPS) is 13.8.